The molecule has 3 heterocycles. The number of carbonyl (C=O) groups excluding carboxylic acids is 1. The summed E-state index contributed by atoms with van der Waals surface area (Å²) in [5.41, 5.74) is 2.23. The lowest BCUT2D eigenvalue weighted by Crippen LogP contribution is -2.29. The maximum absolute atomic E-state index is 13.3. The van der Waals surface area contributed by atoms with E-state index in [0.717, 1.165) is 0 Å². The molecule has 5 aromatic rings. The standard InChI is InChI=1S/C28H21FN4O4/c1-17-3-12-23(28(35)33(17)20-8-4-18(29)5-9-20)27(34)32-19-6-10-21(11-7-19)37-25-13-14-30-24-15-22(36-2)16-31-26(24)25/h3-16H,1-2H3,(H,32,34). The van der Waals surface area contributed by atoms with Gasteiger partial charge in [0.25, 0.3) is 11.5 Å². The molecule has 9 heteroatoms. The molecule has 3 aromatic heterocycles. The molecule has 0 spiro atoms. The maximum atomic E-state index is 13.3. The van der Waals surface area contributed by atoms with E-state index < -0.39 is 17.3 Å². The van der Waals surface area contributed by atoms with Gasteiger partial charge >= 0.3 is 0 Å². The highest BCUT2D eigenvalue weighted by atomic mass is 19.1. The third-order valence-corrected chi connectivity index (χ3v) is 5.70. The number of ether oxygens (including phenoxy) is 2. The lowest BCUT2D eigenvalue weighted by molar-refractivity contribution is 0.102. The van der Waals surface area contributed by atoms with Crippen LogP contribution in [0.5, 0.6) is 17.2 Å². The summed E-state index contributed by atoms with van der Waals surface area (Å²) in [7, 11) is 1.56. The Morgan fingerprint density at radius 1 is 0.946 bits per heavy atom. The second-order valence-electron chi connectivity index (χ2n) is 8.14. The topological polar surface area (TPSA) is 95.3 Å². The van der Waals surface area contributed by atoms with Gasteiger partial charge in [0.2, 0.25) is 0 Å². The van der Waals surface area contributed by atoms with Crippen LogP contribution in [0.25, 0.3) is 16.7 Å². The highest BCUT2D eigenvalue weighted by Crippen LogP contribution is 2.29. The van der Waals surface area contributed by atoms with Crippen molar-refractivity contribution in [2.45, 2.75) is 6.92 Å². The van der Waals surface area contributed by atoms with Crippen LogP contribution in [-0.2, 0) is 0 Å². The summed E-state index contributed by atoms with van der Waals surface area (Å²) < 4.78 is 25.9. The molecular weight excluding hydrogens is 475 g/mol. The van der Waals surface area contributed by atoms with Crippen LogP contribution in [-0.4, -0.2) is 27.6 Å². The van der Waals surface area contributed by atoms with Gasteiger partial charge in [0.05, 0.1) is 18.8 Å². The number of benzene rings is 2. The molecule has 1 N–H and O–H groups in total. The average Bonchev–Trinajstić information content (AvgIpc) is 2.90. The minimum atomic E-state index is -0.562. The predicted octanol–water partition coefficient (Wildman–Crippen LogP) is 5.28. The Balaban J connectivity index is 1.35. The van der Waals surface area contributed by atoms with Crippen molar-refractivity contribution in [1.82, 2.24) is 14.5 Å². The van der Waals surface area contributed by atoms with E-state index in [1.54, 1.807) is 68.9 Å². The van der Waals surface area contributed by atoms with Crippen LogP contribution < -0.4 is 20.3 Å². The molecule has 8 nitrogen and oxygen atoms in total. The number of pyridine rings is 3. The minimum absolute atomic E-state index is 0.0417. The first-order valence-electron chi connectivity index (χ1n) is 11.3. The fraction of sp³-hybridized carbons (Fsp3) is 0.0714. The molecule has 5 rings (SSSR count). The van der Waals surface area contributed by atoms with Crippen molar-refractivity contribution in [3.05, 3.63) is 113 Å². The Morgan fingerprint density at radius 2 is 1.70 bits per heavy atom. The highest BCUT2D eigenvalue weighted by molar-refractivity contribution is 6.04. The van der Waals surface area contributed by atoms with Crippen LogP contribution in [0, 0.1) is 12.7 Å². The molecule has 2 aromatic carbocycles. The van der Waals surface area contributed by atoms with Crippen LogP contribution in [0.15, 0.2) is 90.0 Å². The number of methoxy groups -OCH3 is 1. The van der Waals surface area contributed by atoms with Crippen molar-refractivity contribution in [2.24, 2.45) is 0 Å². The number of aromatic nitrogens is 3. The number of rotatable bonds is 6. The number of amides is 1. The molecular formula is C28H21FN4O4. The third-order valence-electron chi connectivity index (χ3n) is 5.70. The van der Waals surface area contributed by atoms with Crippen molar-refractivity contribution in [1.29, 1.82) is 0 Å². The second kappa shape index (κ2) is 9.90. The lowest BCUT2D eigenvalue weighted by atomic mass is 10.2. The number of halogens is 1. The van der Waals surface area contributed by atoms with Crippen LogP contribution in [0.2, 0.25) is 0 Å². The van der Waals surface area contributed by atoms with E-state index in [0.29, 0.717) is 45.4 Å². The summed E-state index contributed by atoms with van der Waals surface area (Å²) in [5.74, 6) is 0.662. The van der Waals surface area contributed by atoms with E-state index in [9.17, 15) is 14.0 Å². The van der Waals surface area contributed by atoms with E-state index >= 15 is 0 Å². The number of anilines is 1. The summed E-state index contributed by atoms with van der Waals surface area (Å²) in [4.78, 5) is 34.7. The number of hydrogen-bond donors (Lipinski definition) is 1. The van der Waals surface area contributed by atoms with E-state index in [2.05, 4.69) is 15.3 Å². The van der Waals surface area contributed by atoms with Gasteiger partial charge in [-0.1, -0.05) is 0 Å². The number of nitrogens with one attached hydrogen (secondary N) is 1. The second-order valence-corrected chi connectivity index (χ2v) is 8.14. The van der Waals surface area contributed by atoms with Gasteiger partial charge in [-0.2, -0.15) is 0 Å². The van der Waals surface area contributed by atoms with Crippen molar-refractivity contribution in [3.63, 3.8) is 0 Å². The zero-order valence-electron chi connectivity index (χ0n) is 19.9. The van der Waals surface area contributed by atoms with Crippen molar-refractivity contribution in [2.75, 3.05) is 12.4 Å². The molecule has 0 aliphatic rings. The maximum Gasteiger partial charge on any atom is 0.268 e. The zero-order valence-corrected chi connectivity index (χ0v) is 19.9. The van der Waals surface area contributed by atoms with E-state index in [4.69, 9.17) is 9.47 Å². The van der Waals surface area contributed by atoms with Crippen molar-refractivity contribution < 1.29 is 18.7 Å². The highest BCUT2D eigenvalue weighted by Gasteiger charge is 2.16. The van der Waals surface area contributed by atoms with Gasteiger partial charge < -0.3 is 14.8 Å². The fourth-order valence-electron chi connectivity index (χ4n) is 3.83. The molecule has 1 amide bonds. The average molecular weight is 496 g/mol. The van der Waals surface area contributed by atoms with E-state index in [1.807, 2.05) is 0 Å². The van der Waals surface area contributed by atoms with Gasteiger partial charge in [0, 0.05) is 35.4 Å². The Kier molecular flexibility index (Phi) is 6.34. The van der Waals surface area contributed by atoms with Gasteiger partial charge in [-0.05, 0) is 67.6 Å². The molecule has 0 aliphatic heterocycles. The first kappa shape index (κ1) is 23.7. The van der Waals surface area contributed by atoms with Gasteiger partial charge in [-0.25, -0.2) is 9.37 Å². The number of carbonyl (C=O) groups is 1. The fourth-order valence-corrected chi connectivity index (χ4v) is 3.83. The van der Waals surface area contributed by atoms with Crippen LogP contribution in [0.4, 0.5) is 10.1 Å². The number of fused-ring (bicyclic) bond motifs is 1. The summed E-state index contributed by atoms with van der Waals surface area (Å²) in [5, 5.41) is 2.74. The molecule has 0 bridgehead atoms. The predicted molar refractivity (Wildman–Crippen MR) is 137 cm³/mol. The minimum Gasteiger partial charge on any atom is -0.495 e. The largest absolute Gasteiger partial charge is 0.495 e. The van der Waals surface area contributed by atoms with Gasteiger partial charge in [0.15, 0.2) is 5.75 Å². The SMILES string of the molecule is COc1cnc2c(Oc3ccc(NC(=O)c4ccc(C)n(-c5ccc(F)cc5)c4=O)cc3)ccnc2c1. The Labute approximate surface area is 211 Å². The van der Waals surface area contributed by atoms with Crippen molar-refractivity contribution >= 4 is 22.6 Å². The Morgan fingerprint density at radius 3 is 2.43 bits per heavy atom. The summed E-state index contributed by atoms with van der Waals surface area (Å²) in [6.45, 7) is 1.74. The Bertz CT molecular complexity index is 1670. The number of nitrogens with zero attached hydrogens (tertiary/aromatic N) is 3. The molecule has 0 aliphatic carbocycles. The third kappa shape index (κ3) is 4.87. The molecule has 184 valence electrons. The molecule has 37 heavy (non-hydrogen) atoms. The number of aryl methyl sites for hydroxylation is 1. The van der Waals surface area contributed by atoms with E-state index in [-0.39, 0.29) is 5.56 Å². The quantitative estimate of drug-likeness (QED) is 0.344. The van der Waals surface area contributed by atoms with Crippen molar-refractivity contribution in [3.8, 4) is 22.9 Å². The van der Waals surface area contributed by atoms with Crippen LogP contribution >= 0.6 is 0 Å². The van der Waals surface area contributed by atoms with Gasteiger partial charge in [0.1, 0.15) is 28.4 Å². The normalized spacial score (nSPS) is 10.8. The lowest BCUT2D eigenvalue weighted by Gasteiger charge is -2.13. The van der Waals surface area contributed by atoms with E-state index in [1.165, 1.54) is 34.9 Å². The Hall–Kier alpha value is -5.05. The zero-order chi connectivity index (χ0) is 25.9. The van der Waals surface area contributed by atoms with Crippen LogP contribution in [0.3, 0.4) is 0 Å². The first-order valence-corrected chi connectivity index (χ1v) is 11.3. The molecule has 0 saturated carbocycles. The summed E-state index contributed by atoms with van der Waals surface area (Å²) in [6.07, 6.45) is 3.21. The summed E-state index contributed by atoms with van der Waals surface area (Å²) in [6, 6.07) is 18.8. The summed E-state index contributed by atoms with van der Waals surface area (Å²) >= 11 is 0. The van der Waals surface area contributed by atoms with Gasteiger partial charge in [-0.15, -0.1) is 0 Å². The molecule has 0 radical (unpaired) electrons. The first-order chi connectivity index (χ1) is 17.9. The molecule has 0 atom stereocenters. The number of hydrogen-bond acceptors (Lipinski definition) is 6. The van der Waals surface area contributed by atoms with Gasteiger partial charge in [-0.3, -0.25) is 19.1 Å². The monoisotopic (exact) mass is 496 g/mol. The smallest absolute Gasteiger partial charge is 0.268 e. The molecule has 0 fully saturated rings. The molecule has 0 saturated heterocycles. The van der Waals surface area contributed by atoms with Crippen LogP contribution in [0.1, 0.15) is 16.1 Å². The molecule has 0 unspecified atom stereocenters.